The molecule has 114 valence electrons. The minimum absolute atomic E-state index is 0.108. The SMILES string of the molecule is CCCC(NCC)c1ccc(-c2ccc(F)c(F)c2F)s1. The summed E-state index contributed by atoms with van der Waals surface area (Å²) in [4.78, 5) is 1.69. The van der Waals surface area contributed by atoms with E-state index in [1.165, 1.54) is 17.4 Å². The third kappa shape index (κ3) is 3.47. The van der Waals surface area contributed by atoms with Gasteiger partial charge in [-0.2, -0.15) is 0 Å². The lowest BCUT2D eigenvalue weighted by Crippen LogP contribution is -2.19. The van der Waals surface area contributed by atoms with Gasteiger partial charge in [-0.05, 0) is 37.2 Å². The fraction of sp³-hybridized carbons (Fsp3) is 0.375. The van der Waals surface area contributed by atoms with Crippen LogP contribution >= 0.6 is 11.3 Å². The Balaban J connectivity index is 2.33. The number of hydrogen-bond donors (Lipinski definition) is 1. The molecule has 0 bridgehead atoms. The molecule has 1 aromatic heterocycles. The first-order chi connectivity index (χ1) is 10.1. The van der Waals surface area contributed by atoms with E-state index in [1.54, 1.807) is 6.07 Å². The molecule has 0 aliphatic carbocycles. The Bertz CT molecular complexity index is 604. The van der Waals surface area contributed by atoms with Crippen LogP contribution in [-0.4, -0.2) is 6.54 Å². The first-order valence-corrected chi connectivity index (χ1v) is 7.87. The molecule has 2 rings (SSSR count). The summed E-state index contributed by atoms with van der Waals surface area (Å²) in [6, 6.07) is 6.14. The lowest BCUT2D eigenvalue weighted by Gasteiger charge is -2.15. The molecule has 2 aromatic rings. The van der Waals surface area contributed by atoms with Crippen molar-refractivity contribution >= 4 is 11.3 Å². The van der Waals surface area contributed by atoms with Crippen molar-refractivity contribution in [2.45, 2.75) is 32.7 Å². The van der Waals surface area contributed by atoms with Gasteiger partial charge >= 0.3 is 0 Å². The highest BCUT2D eigenvalue weighted by molar-refractivity contribution is 7.15. The number of thiophene rings is 1. The van der Waals surface area contributed by atoms with Crippen molar-refractivity contribution in [2.75, 3.05) is 6.54 Å². The first kappa shape index (κ1) is 16.0. The van der Waals surface area contributed by atoms with Gasteiger partial charge in [0.1, 0.15) is 0 Å². The highest BCUT2D eigenvalue weighted by Crippen LogP contribution is 2.35. The second-order valence-corrected chi connectivity index (χ2v) is 5.94. The van der Waals surface area contributed by atoms with Crippen molar-refractivity contribution < 1.29 is 13.2 Å². The predicted octanol–water partition coefficient (Wildman–Crippen LogP) is 5.28. The zero-order chi connectivity index (χ0) is 15.4. The van der Waals surface area contributed by atoms with Crippen molar-refractivity contribution in [1.29, 1.82) is 0 Å². The van der Waals surface area contributed by atoms with E-state index in [4.69, 9.17) is 0 Å². The third-order valence-electron chi connectivity index (χ3n) is 3.30. The lowest BCUT2D eigenvalue weighted by atomic mass is 10.1. The van der Waals surface area contributed by atoms with Gasteiger partial charge in [-0.15, -0.1) is 11.3 Å². The molecule has 1 unspecified atom stereocenters. The summed E-state index contributed by atoms with van der Waals surface area (Å²) in [5.74, 6) is -3.71. The molecule has 0 aliphatic heterocycles. The van der Waals surface area contributed by atoms with E-state index >= 15 is 0 Å². The highest BCUT2D eigenvalue weighted by Gasteiger charge is 2.18. The summed E-state index contributed by atoms with van der Waals surface area (Å²) in [7, 11) is 0. The summed E-state index contributed by atoms with van der Waals surface area (Å²) in [6.07, 6.45) is 2.01. The van der Waals surface area contributed by atoms with Gasteiger partial charge in [0, 0.05) is 21.4 Å². The van der Waals surface area contributed by atoms with Gasteiger partial charge in [0.05, 0.1) is 0 Å². The van der Waals surface area contributed by atoms with E-state index < -0.39 is 17.5 Å². The van der Waals surface area contributed by atoms with E-state index in [-0.39, 0.29) is 11.6 Å². The van der Waals surface area contributed by atoms with Gasteiger partial charge in [0.15, 0.2) is 17.5 Å². The molecule has 1 atom stereocenters. The quantitative estimate of drug-likeness (QED) is 0.715. The average Bonchev–Trinajstić information content (AvgIpc) is 2.94. The summed E-state index contributed by atoms with van der Waals surface area (Å²) < 4.78 is 40.1. The van der Waals surface area contributed by atoms with Gasteiger partial charge < -0.3 is 5.32 Å². The van der Waals surface area contributed by atoms with E-state index in [9.17, 15) is 13.2 Å². The highest BCUT2D eigenvalue weighted by atomic mass is 32.1. The molecule has 0 saturated carbocycles. The molecule has 1 N–H and O–H groups in total. The van der Waals surface area contributed by atoms with E-state index in [0.717, 1.165) is 30.3 Å². The first-order valence-electron chi connectivity index (χ1n) is 7.05. The van der Waals surface area contributed by atoms with Crippen molar-refractivity contribution in [1.82, 2.24) is 5.32 Å². The molecule has 0 saturated heterocycles. The molecule has 0 amide bonds. The maximum absolute atomic E-state index is 13.8. The van der Waals surface area contributed by atoms with Crippen LogP contribution in [0.5, 0.6) is 0 Å². The van der Waals surface area contributed by atoms with Gasteiger partial charge in [-0.3, -0.25) is 0 Å². The molecule has 0 aliphatic rings. The maximum Gasteiger partial charge on any atom is 0.195 e. The van der Waals surface area contributed by atoms with Crippen molar-refractivity contribution in [2.24, 2.45) is 0 Å². The lowest BCUT2D eigenvalue weighted by molar-refractivity contribution is 0.449. The Kier molecular flexibility index (Phi) is 5.42. The Morgan fingerprint density at radius 1 is 1.05 bits per heavy atom. The van der Waals surface area contributed by atoms with Gasteiger partial charge in [-0.25, -0.2) is 13.2 Å². The minimum Gasteiger partial charge on any atom is -0.310 e. The van der Waals surface area contributed by atoms with E-state index in [2.05, 4.69) is 12.2 Å². The predicted molar refractivity (Wildman–Crippen MR) is 81.0 cm³/mol. The molecule has 1 heterocycles. The summed E-state index contributed by atoms with van der Waals surface area (Å²) in [6.45, 7) is 4.98. The Morgan fingerprint density at radius 3 is 2.48 bits per heavy atom. The maximum atomic E-state index is 13.8. The molecule has 0 spiro atoms. The number of halogens is 3. The zero-order valence-electron chi connectivity index (χ0n) is 12.1. The number of nitrogens with one attached hydrogen (secondary N) is 1. The van der Waals surface area contributed by atoms with Gasteiger partial charge in [0.25, 0.3) is 0 Å². The molecular weight excluding hydrogens is 295 g/mol. The van der Waals surface area contributed by atoms with Crippen LogP contribution in [0.3, 0.4) is 0 Å². The second kappa shape index (κ2) is 7.09. The Morgan fingerprint density at radius 2 is 1.81 bits per heavy atom. The number of benzene rings is 1. The van der Waals surface area contributed by atoms with Crippen LogP contribution in [-0.2, 0) is 0 Å². The van der Waals surface area contributed by atoms with Crippen LogP contribution in [0.25, 0.3) is 10.4 Å². The van der Waals surface area contributed by atoms with Crippen LogP contribution in [0.15, 0.2) is 24.3 Å². The summed E-state index contributed by atoms with van der Waals surface area (Å²) >= 11 is 1.41. The zero-order valence-corrected chi connectivity index (χ0v) is 12.9. The monoisotopic (exact) mass is 313 g/mol. The van der Waals surface area contributed by atoms with Crippen molar-refractivity contribution in [3.05, 3.63) is 46.6 Å². The smallest absolute Gasteiger partial charge is 0.195 e. The molecule has 1 aromatic carbocycles. The van der Waals surface area contributed by atoms with E-state index in [0.29, 0.717) is 4.88 Å². The van der Waals surface area contributed by atoms with Crippen molar-refractivity contribution in [3.63, 3.8) is 0 Å². The largest absolute Gasteiger partial charge is 0.310 e. The summed E-state index contributed by atoms with van der Waals surface area (Å²) in [5, 5.41) is 3.38. The molecule has 5 heteroatoms. The Labute approximate surface area is 126 Å². The third-order valence-corrected chi connectivity index (χ3v) is 4.53. The fourth-order valence-corrected chi connectivity index (χ4v) is 3.42. The van der Waals surface area contributed by atoms with Crippen LogP contribution in [0.2, 0.25) is 0 Å². The molecule has 21 heavy (non-hydrogen) atoms. The molecular formula is C16H18F3NS. The van der Waals surface area contributed by atoms with Crippen LogP contribution < -0.4 is 5.32 Å². The molecule has 0 fully saturated rings. The standard InChI is InChI=1S/C16H18F3NS/c1-3-5-12(20-4-2)14-9-8-13(21-14)10-6-7-11(17)16(19)15(10)18/h6-9,12,20H,3-5H2,1-2H3. The van der Waals surface area contributed by atoms with Crippen molar-refractivity contribution in [3.8, 4) is 10.4 Å². The Hall–Kier alpha value is -1.33. The van der Waals surface area contributed by atoms with E-state index in [1.807, 2.05) is 13.0 Å². The van der Waals surface area contributed by atoms with Crippen LogP contribution in [0, 0.1) is 17.5 Å². The average molecular weight is 313 g/mol. The summed E-state index contributed by atoms with van der Waals surface area (Å²) in [5.41, 5.74) is 0.108. The topological polar surface area (TPSA) is 12.0 Å². The minimum atomic E-state index is -1.42. The van der Waals surface area contributed by atoms with Crippen LogP contribution in [0.4, 0.5) is 13.2 Å². The van der Waals surface area contributed by atoms with Gasteiger partial charge in [-0.1, -0.05) is 20.3 Å². The molecule has 1 nitrogen and oxygen atoms in total. The number of rotatable bonds is 6. The number of hydrogen-bond acceptors (Lipinski definition) is 2. The second-order valence-electron chi connectivity index (χ2n) is 4.82. The van der Waals surface area contributed by atoms with Crippen LogP contribution in [0.1, 0.15) is 37.6 Å². The fourth-order valence-electron chi connectivity index (χ4n) is 2.28. The van der Waals surface area contributed by atoms with Gasteiger partial charge in [0.2, 0.25) is 0 Å². The normalized spacial score (nSPS) is 12.6. The molecule has 0 radical (unpaired) electrons.